The Balaban J connectivity index is 1.50. The van der Waals surface area contributed by atoms with Crippen molar-refractivity contribution in [1.29, 1.82) is 0 Å². The van der Waals surface area contributed by atoms with Crippen molar-refractivity contribution in [3.8, 4) is 11.3 Å². The van der Waals surface area contributed by atoms with E-state index < -0.39 is 0 Å². The van der Waals surface area contributed by atoms with E-state index in [1.807, 2.05) is 27.8 Å². The highest BCUT2D eigenvalue weighted by Crippen LogP contribution is 2.23. The number of hydrogen-bond donors (Lipinski definition) is 0. The molecule has 0 N–H and O–H groups in total. The van der Waals surface area contributed by atoms with Crippen molar-refractivity contribution in [3.63, 3.8) is 0 Å². The Labute approximate surface area is 147 Å². The van der Waals surface area contributed by atoms with Crippen LogP contribution in [0.15, 0.2) is 60.7 Å². The van der Waals surface area contributed by atoms with E-state index in [1.54, 1.807) is 0 Å². The second-order valence-corrected chi connectivity index (χ2v) is 6.60. The quantitative estimate of drug-likeness (QED) is 0.734. The topological polar surface area (TPSA) is 38.1 Å². The molecule has 1 aromatic heterocycles. The maximum absolute atomic E-state index is 12.4. The molecule has 0 unspecified atom stereocenters. The van der Waals surface area contributed by atoms with Crippen molar-refractivity contribution in [2.45, 2.75) is 26.4 Å². The van der Waals surface area contributed by atoms with E-state index in [0.717, 1.165) is 29.9 Å². The number of fused-ring (bicyclic) bond motifs is 1. The lowest BCUT2D eigenvalue weighted by atomic mass is 10.1. The van der Waals surface area contributed by atoms with Crippen LogP contribution >= 0.6 is 0 Å². The zero-order chi connectivity index (χ0) is 17.2. The van der Waals surface area contributed by atoms with Crippen LogP contribution in [0.5, 0.6) is 0 Å². The summed E-state index contributed by atoms with van der Waals surface area (Å²) in [5, 5.41) is 4.62. The summed E-state index contributed by atoms with van der Waals surface area (Å²) in [5.41, 5.74) is 5.62. The number of aryl methyl sites for hydroxylation is 1. The van der Waals surface area contributed by atoms with Gasteiger partial charge in [0, 0.05) is 12.1 Å². The average Bonchev–Trinajstić information content (AvgIpc) is 3.04. The van der Waals surface area contributed by atoms with Gasteiger partial charge in [0.25, 0.3) is 0 Å². The standard InChI is InChI=1S/C21H21N3O/c1-16-7-9-18(10-8-16)20-13-19-14-23(21(25)15-24(19)22-20)12-11-17-5-3-2-4-6-17/h2-10,13H,11-12,14-15H2,1H3. The lowest BCUT2D eigenvalue weighted by molar-refractivity contribution is -0.134. The summed E-state index contributed by atoms with van der Waals surface area (Å²) in [7, 11) is 0. The minimum absolute atomic E-state index is 0.141. The van der Waals surface area contributed by atoms with E-state index in [-0.39, 0.29) is 5.91 Å². The fourth-order valence-electron chi connectivity index (χ4n) is 3.21. The molecule has 0 saturated heterocycles. The Morgan fingerprint density at radius 2 is 1.76 bits per heavy atom. The Morgan fingerprint density at radius 1 is 1.00 bits per heavy atom. The van der Waals surface area contributed by atoms with Gasteiger partial charge in [0.15, 0.2) is 0 Å². The van der Waals surface area contributed by atoms with Crippen LogP contribution in [0, 0.1) is 6.92 Å². The van der Waals surface area contributed by atoms with Crippen LogP contribution in [0.4, 0.5) is 0 Å². The molecule has 0 saturated carbocycles. The molecule has 126 valence electrons. The Bertz CT molecular complexity index is 881. The van der Waals surface area contributed by atoms with Crippen LogP contribution in [0.3, 0.4) is 0 Å². The molecule has 1 amide bonds. The number of benzene rings is 2. The number of rotatable bonds is 4. The molecule has 4 nitrogen and oxygen atoms in total. The Kier molecular flexibility index (Phi) is 4.10. The summed E-state index contributed by atoms with van der Waals surface area (Å²) < 4.78 is 1.84. The van der Waals surface area contributed by atoms with Crippen molar-refractivity contribution in [2.24, 2.45) is 0 Å². The predicted molar refractivity (Wildman–Crippen MR) is 98.0 cm³/mol. The van der Waals surface area contributed by atoms with Gasteiger partial charge in [-0.3, -0.25) is 9.48 Å². The second kappa shape index (κ2) is 6.55. The SMILES string of the molecule is Cc1ccc(-c2cc3n(n2)CC(=O)N(CCc2ccccc2)C3)cc1. The highest BCUT2D eigenvalue weighted by molar-refractivity contribution is 5.77. The Hall–Kier alpha value is -2.88. The molecule has 0 bridgehead atoms. The molecule has 2 aromatic carbocycles. The summed E-state index contributed by atoms with van der Waals surface area (Å²) in [6, 6.07) is 20.7. The molecule has 2 heterocycles. The zero-order valence-electron chi connectivity index (χ0n) is 14.4. The highest BCUT2D eigenvalue weighted by atomic mass is 16.2. The minimum atomic E-state index is 0.141. The van der Waals surface area contributed by atoms with E-state index in [1.165, 1.54) is 11.1 Å². The minimum Gasteiger partial charge on any atom is -0.335 e. The fourth-order valence-corrected chi connectivity index (χ4v) is 3.21. The van der Waals surface area contributed by atoms with Crippen molar-refractivity contribution in [2.75, 3.05) is 6.54 Å². The predicted octanol–water partition coefficient (Wildman–Crippen LogP) is 3.44. The number of aromatic nitrogens is 2. The maximum Gasteiger partial charge on any atom is 0.244 e. The van der Waals surface area contributed by atoms with Crippen molar-refractivity contribution in [1.82, 2.24) is 14.7 Å². The number of carbonyl (C=O) groups excluding carboxylic acids is 1. The molecule has 1 aliphatic rings. The molecule has 0 atom stereocenters. The van der Waals surface area contributed by atoms with E-state index >= 15 is 0 Å². The summed E-state index contributed by atoms with van der Waals surface area (Å²) >= 11 is 0. The second-order valence-electron chi connectivity index (χ2n) is 6.60. The lowest BCUT2D eigenvalue weighted by Gasteiger charge is -2.27. The lowest BCUT2D eigenvalue weighted by Crippen LogP contribution is -2.40. The fraction of sp³-hybridized carbons (Fsp3) is 0.238. The van der Waals surface area contributed by atoms with Crippen LogP contribution < -0.4 is 0 Å². The van der Waals surface area contributed by atoms with Crippen LogP contribution in [0.2, 0.25) is 0 Å². The molecular weight excluding hydrogens is 310 g/mol. The first kappa shape index (κ1) is 15.6. The summed E-state index contributed by atoms with van der Waals surface area (Å²) in [6.45, 7) is 3.78. The van der Waals surface area contributed by atoms with E-state index in [9.17, 15) is 4.79 Å². The van der Waals surface area contributed by atoms with Gasteiger partial charge in [-0.05, 0) is 25.0 Å². The Morgan fingerprint density at radius 3 is 2.52 bits per heavy atom. The molecule has 3 aromatic rings. The van der Waals surface area contributed by atoms with Crippen molar-refractivity contribution >= 4 is 5.91 Å². The number of hydrogen-bond acceptors (Lipinski definition) is 2. The molecule has 4 heteroatoms. The first-order chi connectivity index (χ1) is 12.2. The monoisotopic (exact) mass is 331 g/mol. The van der Waals surface area contributed by atoms with Gasteiger partial charge in [-0.25, -0.2) is 0 Å². The summed E-state index contributed by atoms with van der Waals surface area (Å²) in [5.74, 6) is 0.141. The summed E-state index contributed by atoms with van der Waals surface area (Å²) in [6.07, 6.45) is 0.880. The molecule has 0 aliphatic carbocycles. The molecular formula is C21H21N3O. The van der Waals surface area contributed by atoms with E-state index in [2.05, 4.69) is 54.5 Å². The third-order valence-corrected chi connectivity index (χ3v) is 4.71. The number of amides is 1. The van der Waals surface area contributed by atoms with Crippen LogP contribution in [0.25, 0.3) is 11.3 Å². The van der Waals surface area contributed by atoms with Crippen LogP contribution in [0.1, 0.15) is 16.8 Å². The normalized spacial score (nSPS) is 13.8. The third-order valence-electron chi connectivity index (χ3n) is 4.71. The molecule has 25 heavy (non-hydrogen) atoms. The van der Waals surface area contributed by atoms with Gasteiger partial charge in [0.2, 0.25) is 5.91 Å². The molecule has 1 aliphatic heterocycles. The largest absolute Gasteiger partial charge is 0.335 e. The number of carbonyl (C=O) groups is 1. The maximum atomic E-state index is 12.4. The van der Waals surface area contributed by atoms with Gasteiger partial charge >= 0.3 is 0 Å². The van der Waals surface area contributed by atoms with Gasteiger partial charge in [-0.15, -0.1) is 0 Å². The molecule has 0 spiro atoms. The van der Waals surface area contributed by atoms with E-state index in [4.69, 9.17) is 0 Å². The average molecular weight is 331 g/mol. The third kappa shape index (κ3) is 3.33. The van der Waals surface area contributed by atoms with Gasteiger partial charge < -0.3 is 4.90 Å². The van der Waals surface area contributed by atoms with Gasteiger partial charge in [-0.1, -0.05) is 60.2 Å². The van der Waals surface area contributed by atoms with Gasteiger partial charge in [0.05, 0.1) is 17.9 Å². The smallest absolute Gasteiger partial charge is 0.244 e. The van der Waals surface area contributed by atoms with Crippen molar-refractivity contribution < 1.29 is 4.79 Å². The highest BCUT2D eigenvalue weighted by Gasteiger charge is 2.24. The molecule has 0 fully saturated rings. The van der Waals surface area contributed by atoms with E-state index in [0.29, 0.717) is 13.1 Å². The van der Waals surface area contributed by atoms with Gasteiger partial charge in [0.1, 0.15) is 6.54 Å². The first-order valence-electron chi connectivity index (χ1n) is 8.64. The van der Waals surface area contributed by atoms with Gasteiger partial charge in [-0.2, -0.15) is 5.10 Å². The molecule has 0 radical (unpaired) electrons. The van der Waals surface area contributed by atoms with Crippen LogP contribution in [-0.2, 0) is 24.3 Å². The molecule has 4 rings (SSSR count). The van der Waals surface area contributed by atoms with Crippen LogP contribution in [-0.4, -0.2) is 27.1 Å². The summed E-state index contributed by atoms with van der Waals surface area (Å²) in [4.78, 5) is 14.4. The van der Waals surface area contributed by atoms with Crippen molar-refractivity contribution in [3.05, 3.63) is 77.5 Å². The number of nitrogens with zero attached hydrogens (tertiary/aromatic N) is 3. The first-order valence-corrected chi connectivity index (χ1v) is 8.64. The zero-order valence-corrected chi connectivity index (χ0v) is 14.4.